The fourth-order valence-corrected chi connectivity index (χ4v) is 7.75. The lowest BCUT2D eigenvalue weighted by Gasteiger charge is -2.43. The fourth-order valence-electron chi connectivity index (χ4n) is 6.61. The van der Waals surface area contributed by atoms with E-state index in [4.69, 9.17) is 14.6 Å². The summed E-state index contributed by atoms with van der Waals surface area (Å²) < 4.78 is 14.0. The molecule has 0 unspecified atom stereocenters. The van der Waals surface area contributed by atoms with Gasteiger partial charge in [-0.25, -0.2) is 0 Å². The smallest absolute Gasteiger partial charge is 0.261 e. The van der Waals surface area contributed by atoms with Crippen LogP contribution in [0.5, 0.6) is 0 Å². The number of nitrogens with zero attached hydrogens (tertiary/aromatic N) is 3. The fraction of sp³-hybridized carbons (Fsp3) is 0.769. The zero-order valence-corrected chi connectivity index (χ0v) is 21.2. The Labute approximate surface area is 206 Å². The van der Waals surface area contributed by atoms with Gasteiger partial charge in [0.2, 0.25) is 0 Å². The van der Waals surface area contributed by atoms with Crippen molar-refractivity contribution in [3.05, 3.63) is 16.6 Å². The summed E-state index contributed by atoms with van der Waals surface area (Å²) in [7, 11) is 0. The van der Waals surface area contributed by atoms with Crippen molar-refractivity contribution in [3.8, 4) is 0 Å². The van der Waals surface area contributed by atoms with Crippen LogP contribution in [0, 0.1) is 6.92 Å². The molecule has 2 aliphatic carbocycles. The molecule has 0 aromatic carbocycles. The Morgan fingerprint density at radius 1 is 1.03 bits per heavy atom. The molecule has 4 aliphatic rings. The summed E-state index contributed by atoms with van der Waals surface area (Å²) >= 11 is 1.62. The minimum Gasteiger partial charge on any atom is -0.349 e. The molecule has 34 heavy (non-hydrogen) atoms. The van der Waals surface area contributed by atoms with Gasteiger partial charge in [-0.2, -0.15) is 5.10 Å². The third-order valence-electron chi connectivity index (χ3n) is 8.63. The summed E-state index contributed by atoms with van der Waals surface area (Å²) in [6.07, 6.45) is 12.7. The molecule has 2 saturated carbocycles. The molecule has 2 aromatic heterocycles. The molecule has 0 radical (unpaired) electrons. The average molecular weight is 487 g/mol. The predicted octanol–water partition coefficient (Wildman–Crippen LogP) is 4.79. The van der Waals surface area contributed by atoms with Crippen molar-refractivity contribution in [1.82, 2.24) is 20.0 Å². The molecule has 0 bridgehead atoms. The van der Waals surface area contributed by atoms with Crippen LogP contribution in [0.2, 0.25) is 0 Å². The van der Waals surface area contributed by atoms with Crippen LogP contribution in [0.3, 0.4) is 0 Å². The van der Waals surface area contributed by atoms with Gasteiger partial charge in [-0.1, -0.05) is 19.3 Å². The molecule has 186 valence electrons. The van der Waals surface area contributed by atoms with E-state index in [-0.39, 0.29) is 17.7 Å². The highest BCUT2D eigenvalue weighted by Crippen LogP contribution is 2.36. The lowest BCUT2D eigenvalue weighted by Crippen LogP contribution is -2.51. The van der Waals surface area contributed by atoms with Gasteiger partial charge < -0.3 is 14.8 Å². The van der Waals surface area contributed by atoms with Crippen LogP contribution in [0.15, 0.2) is 6.07 Å². The van der Waals surface area contributed by atoms with Gasteiger partial charge in [0.25, 0.3) is 5.91 Å². The summed E-state index contributed by atoms with van der Waals surface area (Å²) in [5.41, 5.74) is 1.05. The third kappa shape index (κ3) is 4.43. The first-order valence-electron chi connectivity index (χ1n) is 13.4. The summed E-state index contributed by atoms with van der Waals surface area (Å²) in [6.45, 7) is 5.67. The van der Waals surface area contributed by atoms with Crippen LogP contribution in [-0.2, 0) is 9.47 Å². The minimum atomic E-state index is -0.293. The topological polar surface area (TPSA) is 68.6 Å². The predicted molar refractivity (Wildman–Crippen MR) is 133 cm³/mol. The number of aromatic nitrogens is 2. The van der Waals surface area contributed by atoms with E-state index < -0.39 is 0 Å². The molecule has 6 rings (SSSR count). The number of hydrogen-bond acceptors (Lipinski definition) is 6. The number of ether oxygens (including phenoxy) is 2. The largest absolute Gasteiger partial charge is 0.349 e. The Morgan fingerprint density at radius 3 is 2.44 bits per heavy atom. The van der Waals surface area contributed by atoms with Crippen molar-refractivity contribution < 1.29 is 14.3 Å². The number of amides is 1. The molecule has 2 aliphatic heterocycles. The summed E-state index contributed by atoms with van der Waals surface area (Å²) in [4.78, 5) is 17.8. The van der Waals surface area contributed by atoms with Crippen LogP contribution in [0.25, 0.3) is 10.2 Å². The SMILES string of the molecule is Cc1nn(C2CCCCC2)c2sc(C(=O)N[C@H]3CC[C@H](N4CCC5(CC4)OCCO5)CC3)cc12. The molecule has 1 amide bonds. The number of rotatable bonds is 4. The Balaban J connectivity index is 1.04. The molecule has 1 spiro atoms. The van der Waals surface area contributed by atoms with E-state index in [1.165, 1.54) is 36.9 Å². The molecular formula is C26H38N4O3S. The second-order valence-electron chi connectivity index (χ2n) is 10.8. The number of thiophene rings is 1. The molecule has 7 nitrogen and oxygen atoms in total. The first-order chi connectivity index (χ1) is 16.6. The summed E-state index contributed by atoms with van der Waals surface area (Å²) in [5.74, 6) is -0.201. The van der Waals surface area contributed by atoms with Crippen LogP contribution in [0.4, 0.5) is 0 Å². The van der Waals surface area contributed by atoms with Crippen molar-refractivity contribution in [3.63, 3.8) is 0 Å². The monoisotopic (exact) mass is 486 g/mol. The molecule has 1 N–H and O–H groups in total. The van der Waals surface area contributed by atoms with Crippen molar-refractivity contribution in [1.29, 1.82) is 0 Å². The number of likely N-dealkylation sites (tertiary alicyclic amines) is 1. The van der Waals surface area contributed by atoms with E-state index in [1.54, 1.807) is 11.3 Å². The van der Waals surface area contributed by atoms with Gasteiger partial charge in [-0.15, -0.1) is 11.3 Å². The number of nitrogens with one attached hydrogen (secondary N) is 1. The third-order valence-corrected chi connectivity index (χ3v) is 9.76. The Bertz CT molecular complexity index is 1000. The Morgan fingerprint density at radius 2 is 1.74 bits per heavy atom. The van der Waals surface area contributed by atoms with Gasteiger partial charge in [0.15, 0.2) is 5.79 Å². The number of hydrogen-bond donors (Lipinski definition) is 1. The van der Waals surface area contributed by atoms with Gasteiger partial charge in [-0.3, -0.25) is 14.4 Å². The van der Waals surface area contributed by atoms with Crippen molar-refractivity contribution in [2.75, 3.05) is 26.3 Å². The normalized spacial score (nSPS) is 28.6. The van der Waals surface area contributed by atoms with E-state index in [0.29, 0.717) is 12.1 Å². The van der Waals surface area contributed by atoms with E-state index in [0.717, 1.165) is 80.8 Å². The summed E-state index contributed by atoms with van der Waals surface area (Å²) in [6, 6.07) is 3.47. The number of carbonyl (C=O) groups excluding carboxylic acids is 1. The maximum atomic E-state index is 13.1. The van der Waals surface area contributed by atoms with Crippen LogP contribution in [0.1, 0.15) is 92.0 Å². The summed E-state index contributed by atoms with van der Waals surface area (Å²) in [5, 5.41) is 9.35. The van der Waals surface area contributed by atoms with Gasteiger partial charge in [0.05, 0.1) is 29.8 Å². The van der Waals surface area contributed by atoms with E-state index >= 15 is 0 Å². The number of aryl methyl sites for hydroxylation is 1. The number of fused-ring (bicyclic) bond motifs is 1. The van der Waals surface area contributed by atoms with Crippen molar-refractivity contribution in [2.45, 2.75) is 101 Å². The first-order valence-corrected chi connectivity index (χ1v) is 14.2. The second-order valence-corrected chi connectivity index (χ2v) is 11.8. The maximum absolute atomic E-state index is 13.1. The standard InChI is InChI=1S/C26H38N4O3S/c1-18-22-17-23(34-25(22)30(28-18)21-5-3-2-4-6-21)24(31)27-19-7-9-20(10-8-19)29-13-11-26(12-14-29)32-15-16-33-26/h17,19-21H,2-16H2,1H3,(H,27,31)/t19-,20-. The van der Waals surface area contributed by atoms with Gasteiger partial charge in [0, 0.05) is 43.4 Å². The minimum absolute atomic E-state index is 0.0923. The molecule has 2 aromatic rings. The van der Waals surface area contributed by atoms with E-state index in [9.17, 15) is 4.79 Å². The highest BCUT2D eigenvalue weighted by atomic mass is 32.1. The maximum Gasteiger partial charge on any atom is 0.261 e. The highest BCUT2D eigenvalue weighted by Gasteiger charge is 2.41. The molecular weight excluding hydrogens is 448 g/mol. The van der Waals surface area contributed by atoms with Crippen LogP contribution < -0.4 is 5.32 Å². The van der Waals surface area contributed by atoms with Gasteiger partial charge in [0.1, 0.15) is 4.83 Å². The average Bonchev–Trinajstić information content (AvgIpc) is 3.58. The van der Waals surface area contributed by atoms with E-state index in [1.807, 2.05) is 0 Å². The number of carbonyl (C=O) groups is 1. The number of piperidine rings is 1. The zero-order chi connectivity index (χ0) is 23.1. The van der Waals surface area contributed by atoms with Crippen molar-refractivity contribution >= 4 is 27.5 Å². The lowest BCUT2D eigenvalue weighted by molar-refractivity contribution is -0.188. The molecule has 4 heterocycles. The Kier molecular flexibility index (Phi) is 6.43. The lowest BCUT2D eigenvalue weighted by atomic mass is 9.88. The molecule has 0 atom stereocenters. The first kappa shape index (κ1) is 23.0. The molecule has 2 saturated heterocycles. The van der Waals surface area contributed by atoms with Crippen LogP contribution in [-0.4, -0.2) is 64.8 Å². The van der Waals surface area contributed by atoms with Crippen LogP contribution >= 0.6 is 11.3 Å². The van der Waals surface area contributed by atoms with Crippen molar-refractivity contribution in [2.24, 2.45) is 0 Å². The quantitative estimate of drug-likeness (QED) is 0.673. The van der Waals surface area contributed by atoms with Gasteiger partial charge in [-0.05, 0) is 51.5 Å². The molecule has 4 fully saturated rings. The molecule has 8 heteroatoms. The van der Waals surface area contributed by atoms with Gasteiger partial charge >= 0.3 is 0 Å². The second kappa shape index (κ2) is 9.52. The Hall–Kier alpha value is -1.48. The highest BCUT2D eigenvalue weighted by molar-refractivity contribution is 7.20. The zero-order valence-electron chi connectivity index (χ0n) is 20.4. The van der Waals surface area contributed by atoms with E-state index in [2.05, 4.69) is 27.9 Å².